The summed E-state index contributed by atoms with van der Waals surface area (Å²) in [6.07, 6.45) is 1.43. The van der Waals surface area contributed by atoms with Gasteiger partial charge in [0.25, 0.3) is 5.91 Å². The van der Waals surface area contributed by atoms with Crippen LogP contribution in [0.15, 0.2) is 47.6 Å². The lowest BCUT2D eigenvalue weighted by atomic mass is 10.2. The first-order valence-electron chi connectivity index (χ1n) is 6.06. The summed E-state index contributed by atoms with van der Waals surface area (Å²) in [5.41, 5.74) is 3.33. The van der Waals surface area contributed by atoms with Gasteiger partial charge in [-0.2, -0.15) is 5.10 Å². The number of phenolic OH excluding ortho intramolecular Hbond substituents is 1. The third-order valence-electron chi connectivity index (χ3n) is 2.66. The minimum atomic E-state index is -0.439. The number of methoxy groups -OCH3 is 1. The Kier molecular flexibility index (Phi) is 4.79. The average Bonchev–Trinajstić information content (AvgIpc) is 2.47. The van der Waals surface area contributed by atoms with Crippen molar-refractivity contribution >= 4 is 23.7 Å². The molecule has 0 unspecified atom stereocenters. The molecule has 2 aromatic rings. The summed E-state index contributed by atoms with van der Waals surface area (Å²) in [5, 5.41) is 13.6. The maximum atomic E-state index is 12.0. The second-order valence-corrected chi connectivity index (χ2v) is 4.58. The summed E-state index contributed by atoms with van der Waals surface area (Å²) in [4.78, 5) is 12.0. The number of nitrogens with zero attached hydrogens (tertiary/aromatic N) is 1. The van der Waals surface area contributed by atoms with Gasteiger partial charge >= 0.3 is 0 Å². The number of halogens is 1. The summed E-state index contributed by atoms with van der Waals surface area (Å²) in [6, 6.07) is 11.2. The normalized spacial score (nSPS) is 10.6. The number of phenols is 1. The van der Waals surface area contributed by atoms with Crippen molar-refractivity contribution in [3.63, 3.8) is 0 Å². The molecule has 0 bridgehead atoms. The second-order valence-electron chi connectivity index (χ2n) is 4.14. The number of nitrogens with one attached hydrogen (secondary N) is 1. The molecule has 0 spiro atoms. The van der Waals surface area contributed by atoms with Gasteiger partial charge in [0.1, 0.15) is 11.5 Å². The summed E-state index contributed by atoms with van der Waals surface area (Å²) < 4.78 is 5.10. The van der Waals surface area contributed by atoms with E-state index < -0.39 is 5.91 Å². The molecule has 0 saturated heterocycles. The molecule has 2 N–H and O–H groups in total. The fourth-order valence-electron chi connectivity index (χ4n) is 1.69. The largest absolute Gasteiger partial charge is 0.508 e. The lowest BCUT2D eigenvalue weighted by molar-refractivity contribution is 0.0952. The van der Waals surface area contributed by atoms with Crippen LogP contribution in [0, 0.1) is 0 Å². The van der Waals surface area contributed by atoms with Crippen LogP contribution in [-0.4, -0.2) is 24.3 Å². The van der Waals surface area contributed by atoms with Gasteiger partial charge in [-0.05, 0) is 35.9 Å². The molecule has 0 saturated carbocycles. The summed E-state index contributed by atoms with van der Waals surface area (Å²) in [7, 11) is 1.47. The van der Waals surface area contributed by atoms with Crippen LogP contribution in [0.25, 0.3) is 0 Å². The van der Waals surface area contributed by atoms with E-state index in [1.54, 1.807) is 30.3 Å². The molecule has 6 heteroatoms. The summed E-state index contributed by atoms with van der Waals surface area (Å²) >= 11 is 5.86. The van der Waals surface area contributed by atoms with Crippen molar-refractivity contribution in [2.75, 3.05) is 7.11 Å². The Morgan fingerprint density at radius 3 is 2.86 bits per heavy atom. The van der Waals surface area contributed by atoms with Crippen molar-refractivity contribution in [3.8, 4) is 11.5 Å². The molecular formula is C15H13ClN2O3. The number of hydrogen-bond acceptors (Lipinski definition) is 4. The van der Waals surface area contributed by atoms with Gasteiger partial charge in [-0.1, -0.05) is 23.7 Å². The third kappa shape index (κ3) is 3.97. The lowest BCUT2D eigenvalue weighted by Crippen LogP contribution is -2.18. The number of amides is 1. The van der Waals surface area contributed by atoms with Gasteiger partial charge in [0.2, 0.25) is 0 Å². The lowest BCUT2D eigenvalue weighted by Gasteiger charge is -2.07. The van der Waals surface area contributed by atoms with Gasteiger partial charge in [-0.15, -0.1) is 0 Å². The van der Waals surface area contributed by atoms with Gasteiger partial charge in [0.15, 0.2) is 0 Å². The molecule has 0 aliphatic rings. The Bertz CT molecular complexity index is 686. The zero-order valence-corrected chi connectivity index (χ0v) is 12.0. The van der Waals surface area contributed by atoms with Crippen molar-refractivity contribution in [2.24, 2.45) is 5.10 Å². The second kappa shape index (κ2) is 6.76. The highest BCUT2D eigenvalue weighted by Crippen LogP contribution is 2.22. The highest BCUT2D eigenvalue weighted by Gasteiger charge is 2.11. The number of carbonyl (C=O) groups excluding carboxylic acids is 1. The topological polar surface area (TPSA) is 70.9 Å². The maximum absolute atomic E-state index is 12.0. The highest BCUT2D eigenvalue weighted by molar-refractivity contribution is 6.31. The first-order chi connectivity index (χ1) is 10.1. The molecule has 2 aromatic carbocycles. The molecule has 21 heavy (non-hydrogen) atoms. The first kappa shape index (κ1) is 14.9. The molecule has 5 nitrogen and oxygen atoms in total. The van der Waals surface area contributed by atoms with Crippen molar-refractivity contribution in [3.05, 3.63) is 58.6 Å². The maximum Gasteiger partial charge on any atom is 0.275 e. The minimum absolute atomic E-state index is 0.127. The van der Waals surface area contributed by atoms with Crippen LogP contribution < -0.4 is 10.2 Å². The van der Waals surface area contributed by atoms with Crippen molar-refractivity contribution < 1.29 is 14.6 Å². The van der Waals surface area contributed by atoms with E-state index in [0.29, 0.717) is 16.3 Å². The highest BCUT2D eigenvalue weighted by atomic mass is 35.5. The zero-order valence-electron chi connectivity index (χ0n) is 11.2. The average molecular weight is 305 g/mol. The van der Waals surface area contributed by atoms with Crippen molar-refractivity contribution in [2.45, 2.75) is 0 Å². The predicted molar refractivity (Wildman–Crippen MR) is 81.2 cm³/mol. The van der Waals surface area contributed by atoms with Crippen LogP contribution in [0.1, 0.15) is 15.9 Å². The molecule has 0 fully saturated rings. The van der Waals surface area contributed by atoms with E-state index in [0.717, 1.165) is 0 Å². The standard InChI is InChI=1S/C15H13ClN2O3/c1-21-14-6-5-11(16)8-13(14)15(20)18-17-9-10-3-2-4-12(19)7-10/h2-9,19H,1H3,(H,18,20)/b17-9+. The minimum Gasteiger partial charge on any atom is -0.508 e. The summed E-state index contributed by atoms with van der Waals surface area (Å²) in [6.45, 7) is 0. The predicted octanol–water partition coefficient (Wildman–Crippen LogP) is 2.82. The van der Waals surface area contributed by atoms with E-state index in [4.69, 9.17) is 16.3 Å². The molecular weight excluding hydrogens is 292 g/mol. The third-order valence-corrected chi connectivity index (χ3v) is 2.89. The molecule has 0 atom stereocenters. The first-order valence-corrected chi connectivity index (χ1v) is 6.44. The molecule has 0 radical (unpaired) electrons. The van der Waals surface area contributed by atoms with Crippen LogP contribution in [0.5, 0.6) is 11.5 Å². The summed E-state index contributed by atoms with van der Waals surface area (Å²) in [5.74, 6) is 0.0944. The molecule has 2 rings (SSSR count). The number of rotatable bonds is 4. The van der Waals surface area contributed by atoms with Gasteiger partial charge in [0.05, 0.1) is 18.9 Å². The Morgan fingerprint density at radius 1 is 1.33 bits per heavy atom. The van der Waals surface area contributed by atoms with Crippen molar-refractivity contribution in [1.29, 1.82) is 0 Å². The number of ether oxygens (including phenoxy) is 1. The number of hydrazone groups is 1. The fourth-order valence-corrected chi connectivity index (χ4v) is 1.86. The van der Waals surface area contributed by atoms with Crippen LogP contribution in [0.3, 0.4) is 0 Å². The quantitative estimate of drug-likeness (QED) is 0.674. The van der Waals surface area contributed by atoms with E-state index in [9.17, 15) is 9.90 Å². The Morgan fingerprint density at radius 2 is 2.14 bits per heavy atom. The number of aromatic hydroxyl groups is 1. The zero-order chi connectivity index (χ0) is 15.2. The molecule has 108 valence electrons. The molecule has 0 heterocycles. The van der Waals surface area contributed by atoms with Gasteiger partial charge in [-0.3, -0.25) is 4.79 Å². The Balaban J connectivity index is 2.10. The molecule has 0 aromatic heterocycles. The molecule has 0 aliphatic heterocycles. The molecule has 0 aliphatic carbocycles. The van der Waals surface area contributed by atoms with Gasteiger partial charge in [0, 0.05) is 5.02 Å². The van der Waals surface area contributed by atoms with Crippen molar-refractivity contribution in [1.82, 2.24) is 5.43 Å². The van der Waals surface area contributed by atoms with Gasteiger partial charge in [-0.25, -0.2) is 5.43 Å². The fraction of sp³-hybridized carbons (Fsp3) is 0.0667. The smallest absolute Gasteiger partial charge is 0.275 e. The van der Waals surface area contributed by atoms with Crippen LogP contribution in [0.2, 0.25) is 5.02 Å². The van der Waals surface area contributed by atoms with E-state index in [1.807, 2.05) is 0 Å². The molecule has 1 amide bonds. The Hall–Kier alpha value is -2.53. The SMILES string of the molecule is COc1ccc(Cl)cc1C(=O)N/N=C/c1cccc(O)c1. The number of benzene rings is 2. The van der Waals surface area contributed by atoms with Crippen LogP contribution >= 0.6 is 11.6 Å². The Labute approximate surface area is 126 Å². The monoisotopic (exact) mass is 304 g/mol. The van der Waals surface area contributed by atoms with Crippen LogP contribution in [0.4, 0.5) is 0 Å². The number of hydrogen-bond donors (Lipinski definition) is 2. The van der Waals surface area contributed by atoms with E-state index in [1.165, 1.54) is 25.5 Å². The van der Waals surface area contributed by atoms with Gasteiger partial charge < -0.3 is 9.84 Å². The van der Waals surface area contributed by atoms with Crippen LogP contribution in [-0.2, 0) is 0 Å². The number of carbonyl (C=O) groups is 1. The van der Waals surface area contributed by atoms with E-state index in [-0.39, 0.29) is 11.3 Å². The van der Waals surface area contributed by atoms with E-state index >= 15 is 0 Å². The van der Waals surface area contributed by atoms with E-state index in [2.05, 4.69) is 10.5 Å².